The van der Waals surface area contributed by atoms with Crippen molar-refractivity contribution < 1.29 is 19.1 Å². The van der Waals surface area contributed by atoms with Gasteiger partial charge in [-0.05, 0) is 84.8 Å². The maximum absolute atomic E-state index is 13.3. The maximum Gasteiger partial charge on any atom is 0.255 e. The molecule has 8 rings (SSSR count). The number of nitriles is 1. The Kier molecular flexibility index (Phi) is 10.9. The number of amides is 3. The highest BCUT2D eigenvalue weighted by molar-refractivity contribution is 6.30. The zero-order valence-corrected chi connectivity index (χ0v) is 33.2. The second kappa shape index (κ2) is 16.2. The van der Waals surface area contributed by atoms with Gasteiger partial charge in [0.15, 0.2) is 0 Å². The van der Waals surface area contributed by atoms with Crippen molar-refractivity contribution in [3.63, 3.8) is 0 Å². The largest absolute Gasteiger partial charge is 0.487 e. The van der Waals surface area contributed by atoms with Crippen LogP contribution >= 0.6 is 11.6 Å². The highest BCUT2D eigenvalue weighted by Crippen LogP contribution is 2.36. The van der Waals surface area contributed by atoms with E-state index in [2.05, 4.69) is 63.1 Å². The summed E-state index contributed by atoms with van der Waals surface area (Å²) >= 11 is 6.30. The van der Waals surface area contributed by atoms with Gasteiger partial charge in [0, 0.05) is 92.2 Å². The molecule has 0 radical (unpaired) electrons. The summed E-state index contributed by atoms with van der Waals surface area (Å²) in [5, 5.41) is 12.4. The van der Waals surface area contributed by atoms with Gasteiger partial charge in [-0.3, -0.25) is 24.6 Å². The Morgan fingerprint density at radius 3 is 2.42 bits per heavy atom. The van der Waals surface area contributed by atoms with Gasteiger partial charge >= 0.3 is 0 Å². The number of hydrogen-bond donors (Lipinski definition) is 1. The number of imide groups is 1. The number of hydrogen-bond acceptors (Lipinski definition) is 10. The summed E-state index contributed by atoms with van der Waals surface area (Å²) in [7, 11) is 0. The van der Waals surface area contributed by atoms with E-state index in [0.29, 0.717) is 41.6 Å². The number of anilines is 2. The topological polar surface area (TPSA) is 135 Å². The number of aromatic nitrogens is 2. The molecule has 1 N–H and O–H groups in total. The highest BCUT2D eigenvalue weighted by atomic mass is 35.5. The number of benzene rings is 3. The van der Waals surface area contributed by atoms with Crippen LogP contribution in [0.15, 0.2) is 72.9 Å². The second-order valence-corrected chi connectivity index (χ2v) is 16.5. The Morgan fingerprint density at radius 2 is 1.68 bits per heavy atom. The third kappa shape index (κ3) is 8.18. The van der Waals surface area contributed by atoms with Gasteiger partial charge in [-0.1, -0.05) is 43.6 Å². The normalized spacial score (nSPS) is 19.4. The molecule has 3 saturated heterocycles. The predicted octanol–water partition coefficient (Wildman–Crippen LogP) is 5.71. The Bertz CT molecular complexity index is 2210. The fraction of sp³-hybridized carbons (Fsp3) is 0.409. The number of carbonyl (C=O) groups excluding carboxylic acids is 3. The molecule has 3 aromatic carbocycles. The molecule has 1 unspecified atom stereocenters. The van der Waals surface area contributed by atoms with E-state index >= 15 is 0 Å². The molecule has 0 aliphatic carbocycles. The summed E-state index contributed by atoms with van der Waals surface area (Å²) in [5.74, 6) is 1.29. The van der Waals surface area contributed by atoms with Crippen LogP contribution in [-0.2, 0) is 28.2 Å². The molecule has 4 aliphatic rings. The minimum Gasteiger partial charge on any atom is -0.487 e. The van der Waals surface area contributed by atoms with E-state index in [0.717, 1.165) is 98.4 Å². The summed E-state index contributed by atoms with van der Waals surface area (Å²) in [6, 6.07) is 22.9. The molecule has 5 heterocycles. The Morgan fingerprint density at radius 1 is 0.912 bits per heavy atom. The van der Waals surface area contributed by atoms with Crippen molar-refractivity contribution >= 4 is 41.0 Å². The van der Waals surface area contributed by atoms with E-state index in [-0.39, 0.29) is 29.6 Å². The van der Waals surface area contributed by atoms with Crippen LogP contribution in [-0.4, -0.2) is 89.3 Å². The summed E-state index contributed by atoms with van der Waals surface area (Å²) < 4.78 is 6.14. The molecule has 3 fully saturated rings. The van der Waals surface area contributed by atoms with Crippen LogP contribution in [0.5, 0.6) is 5.75 Å². The van der Waals surface area contributed by atoms with Crippen LogP contribution in [0.1, 0.15) is 77.8 Å². The van der Waals surface area contributed by atoms with Crippen LogP contribution in [0.4, 0.5) is 11.6 Å². The van der Waals surface area contributed by atoms with Gasteiger partial charge < -0.3 is 19.4 Å². The first-order valence-electron chi connectivity index (χ1n) is 19.8. The number of piperazine rings is 1. The van der Waals surface area contributed by atoms with E-state index in [1.54, 1.807) is 11.0 Å². The molecule has 4 aliphatic heterocycles. The number of carbonyl (C=O) groups is 3. The molecule has 3 amide bonds. The standard InChI is InChI=1S/C44H47ClN8O4/c1-44(2,32-22-30(25-46)23-33(45)24-32)31-6-8-35(9-7-31)57-28-34-12-15-47-43(48-34)52-16-13-29(14-17-52)26-50-18-20-51(21-19-50)38-5-3-4-36-37(38)27-53(42(36)56)39-10-11-40(54)49-41(39)55/h3-9,12,15,22-24,29,39H,10-11,13-14,16-21,26-28H2,1-2H3,(H,49,54,55). The fourth-order valence-electron chi connectivity index (χ4n) is 8.64. The van der Waals surface area contributed by atoms with Crippen molar-refractivity contribution in [3.05, 3.63) is 111 Å². The van der Waals surface area contributed by atoms with Crippen molar-refractivity contribution in [2.45, 2.75) is 64.1 Å². The van der Waals surface area contributed by atoms with Gasteiger partial charge in [-0.2, -0.15) is 5.26 Å². The minimum absolute atomic E-state index is 0.133. The van der Waals surface area contributed by atoms with Gasteiger partial charge in [0.25, 0.3) is 5.91 Å². The van der Waals surface area contributed by atoms with E-state index in [1.165, 1.54) is 0 Å². The number of nitrogens with zero attached hydrogens (tertiary/aromatic N) is 7. The maximum atomic E-state index is 13.3. The van der Waals surface area contributed by atoms with E-state index < -0.39 is 6.04 Å². The number of halogens is 1. The number of fused-ring (bicyclic) bond motifs is 1. The zero-order chi connectivity index (χ0) is 39.7. The fourth-order valence-corrected chi connectivity index (χ4v) is 8.88. The van der Waals surface area contributed by atoms with Crippen molar-refractivity contribution in [1.82, 2.24) is 25.1 Å². The predicted molar refractivity (Wildman–Crippen MR) is 217 cm³/mol. The summed E-state index contributed by atoms with van der Waals surface area (Å²) in [6.45, 7) is 11.5. The first-order chi connectivity index (χ1) is 27.5. The molecule has 13 heteroatoms. The van der Waals surface area contributed by atoms with Crippen molar-refractivity contribution in [2.75, 3.05) is 55.6 Å². The summed E-state index contributed by atoms with van der Waals surface area (Å²) in [6.07, 6.45) is 4.57. The smallest absolute Gasteiger partial charge is 0.255 e. The molecular formula is C44H47ClN8O4. The molecule has 1 aromatic heterocycles. The van der Waals surface area contributed by atoms with Gasteiger partial charge in [0.1, 0.15) is 18.4 Å². The van der Waals surface area contributed by atoms with Gasteiger partial charge in [-0.15, -0.1) is 0 Å². The molecule has 0 saturated carbocycles. The van der Waals surface area contributed by atoms with Gasteiger partial charge in [0.05, 0.1) is 17.3 Å². The monoisotopic (exact) mass is 786 g/mol. The summed E-state index contributed by atoms with van der Waals surface area (Å²) in [4.78, 5) is 55.9. The molecule has 0 spiro atoms. The lowest BCUT2D eigenvalue weighted by molar-refractivity contribution is -0.136. The quantitative estimate of drug-likeness (QED) is 0.200. The lowest BCUT2D eigenvalue weighted by Crippen LogP contribution is -2.52. The van der Waals surface area contributed by atoms with Crippen LogP contribution in [0, 0.1) is 17.2 Å². The molecule has 0 bridgehead atoms. The molecular weight excluding hydrogens is 740 g/mol. The van der Waals surface area contributed by atoms with E-state index in [9.17, 15) is 19.6 Å². The van der Waals surface area contributed by atoms with Crippen molar-refractivity contribution in [3.8, 4) is 11.8 Å². The van der Waals surface area contributed by atoms with Crippen LogP contribution in [0.2, 0.25) is 5.02 Å². The number of piperidine rings is 2. The van der Waals surface area contributed by atoms with E-state index in [1.807, 2.05) is 48.7 Å². The first-order valence-corrected chi connectivity index (χ1v) is 20.2. The van der Waals surface area contributed by atoms with Crippen LogP contribution in [0.3, 0.4) is 0 Å². The van der Waals surface area contributed by atoms with Crippen LogP contribution < -0.4 is 19.9 Å². The van der Waals surface area contributed by atoms with Crippen molar-refractivity contribution in [2.24, 2.45) is 5.92 Å². The molecule has 4 aromatic rings. The van der Waals surface area contributed by atoms with Crippen molar-refractivity contribution in [1.29, 1.82) is 5.26 Å². The molecule has 57 heavy (non-hydrogen) atoms. The number of ether oxygens (including phenoxy) is 1. The van der Waals surface area contributed by atoms with E-state index in [4.69, 9.17) is 21.3 Å². The molecule has 12 nitrogen and oxygen atoms in total. The average molecular weight is 787 g/mol. The highest BCUT2D eigenvalue weighted by Gasteiger charge is 2.40. The lowest BCUT2D eigenvalue weighted by atomic mass is 9.78. The Balaban J connectivity index is 0.800. The molecule has 1 atom stereocenters. The molecule has 294 valence electrons. The second-order valence-electron chi connectivity index (χ2n) is 16.0. The van der Waals surface area contributed by atoms with Crippen LogP contribution in [0.25, 0.3) is 0 Å². The van der Waals surface area contributed by atoms with Gasteiger partial charge in [-0.25, -0.2) is 9.97 Å². The number of nitrogens with one attached hydrogen (secondary N) is 1. The third-order valence-corrected chi connectivity index (χ3v) is 12.3. The Labute approximate surface area is 338 Å². The zero-order valence-electron chi connectivity index (χ0n) is 32.4. The number of rotatable bonds is 10. The first kappa shape index (κ1) is 38.4. The third-order valence-electron chi connectivity index (χ3n) is 12.1. The van der Waals surface area contributed by atoms with Gasteiger partial charge in [0.2, 0.25) is 17.8 Å². The Hall–Kier alpha value is -5.51. The lowest BCUT2D eigenvalue weighted by Gasteiger charge is -2.40. The summed E-state index contributed by atoms with van der Waals surface area (Å²) in [5.41, 5.74) is 5.79. The average Bonchev–Trinajstić information content (AvgIpc) is 3.56. The minimum atomic E-state index is -0.611. The SMILES string of the molecule is CC(C)(c1ccc(OCc2ccnc(N3CCC(CN4CCN(c5cccc6c5CN(C5CCC(=O)NC5=O)C6=O)CC4)CC3)n2)cc1)c1cc(Cl)cc(C#N)c1.